The van der Waals surface area contributed by atoms with Crippen LogP contribution in [0, 0.1) is 15.9 Å². The Morgan fingerprint density at radius 3 is 2.71 bits per heavy atom. The molecule has 21 heavy (non-hydrogen) atoms. The highest BCUT2D eigenvalue weighted by Gasteiger charge is 2.09. The van der Waals surface area contributed by atoms with Crippen LogP contribution in [0.3, 0.4) is 0 Å². The highest BCUT2D eigenvalue weighted by molar-refractivity contribution is 5.95. The molecule has 0 unspecified atom stereocenters. The standard InChI is InChI=1S/C14H10FN3O3/c15-13-7-2-1-6-12(13)14(19)17-16-9-10-4-3-5-11(8-10)18(20)21/h1-9H,(H,17,19)/b16-9+. The Bertz CT molecular complexity index is 716. The van der Waals surface area contributed by atoms with Crippen molar-refractivity contribution in [1.29, 1.82) is 0 Å². The fraction of sp³-hybridized carbons (Fsp3) is 0. The molecule has 1 N–H and O–H groups in total. The third-order valence-corrected chi connectivity index (χ3v) is 2.58. The molecule has 2 aromatic rings. The Balaban J connectivity index is 2.06. The largest absolute Gasteiger partial charge is 0.274 e. The number of non-ortho nitro benzene ring substituents is 1. The van der Waals surface area contributed by atoms with Gasteiger partial charge in [-0.2, -0.15) is 5.10 Å². The van der Waals surface area contributed by atoms with E-state index in [0.717, 1.165) is 0 Å². The van der Waals surface area contributed by atoms with Crippen LogP contribution in [0.5, 0.6) is 0 Å². The van der Waals surface area contributed by atoms with Gasteiger partial charge in [0.1, 0.15) is 5.82 Å². The van der Waals surface area contributed by atoms with Gasteiger partial charge in [0.2, 0.25) is 0 Å². The summed E-state index contributed by atoms with van der Waals surface area (Å²) in [6.45, 7) is 0. The predicted molar refractivity (Wildman–Crippen MR) is 74.6 cm³/mol. The molecule has 0 bridgehead atoms. The van der Waals surface area contributed by atoms with Gasteiger partial charge in [0, 0.05) is 17.7 Å². The maximum atomic E-state index is 13.3. The Morgan fingerprint density at radius 2 is 2.00 bits per heavy atom. The van der Waals surface area contributed by atoms with Crippen molar-refractivity contribution in [3.63, 3.8) is 0 Å². The van der Waals surface area contributed by atoms with Gasteiger partial charge in [0.05, 0.1) is 16.7 Å². The Hall–Kier alpha value is -3.09. The molecule has 0 heterocycles. The van der Waals surface area contributed by atoms with Crippen LogP contribution in [0.25, 0.3) is 0 Å². The lowest BCUT2D eigenvalue weighted by atomic mass is 10.2. The highest BCUT2D eigenvalue weighted by Crippen LogP contribution is 2.11. The molecule has 2 aromatic carbocycles. The second-order valence-corrected chi connectivity index (χ2v) is 4.03. The molecule has 0 fully saturated rings. The van der Waals surface area contributed by atoms with E-state index in [0.29, 0.717) is 5.56 Å². The summed E-state index contributed by atoms with van der Waals surface area (Å²) < 4.78 is 13.3. The number of hydrogen-bond donors (Lipinski definition) is 1. The summed E-state index contributed by atoms with van der Waals surface area (Å²) in [5, 5.41) is 14.3. The second-order valence-electron chi connectivity index (χ2n) is 4.03. The van der Waals surface area contributed by atoms with Gasteiger partial charge in [0.25, 0.3) is 11.6 Å². The number of carbonyl (C=O) groups is 1. The molecular formula is C14H10FN3O3. The van der Waals surface area contributed by atoms with Crippen LogP contribution >= 0.6 is 0 Å². The van der Waals surface area contributed by atoms with E-state index in [1.165, 1.54) is 48.7 Å². The second kappa shape index (κ2) is 6.38. The lowest BCUT2D eigenvalue weighted by Gasteiger charge is -2.00. The molecule has 7 heteroatoms. The molecule has 0 aliphatic heterocycles. The molecule has 0 spiro atoms. The molecule has 1 amide bonds. The van der Waals surface area contributed by atoms with Gasteiger partial charge < -0.3 is 0 Å². The molecule has 6 nitrogen and oxygen atoms in total. The maximum Gasteiger partial charge on any atom is 0.274 e. The third-order valence-electron chi connectivity index (χ3n) is 2.58. The maximum absolute atomic E-state index is 13.3. The molecule has 0 saturated carbocycles. The summed E-state index contributed by atoms with van der Waals surface area (Å²) >= 11 is 0. The van der Waals surface area contributed by atoms with E-state index in [-0.39, 0.29) is 11.3 Å². The number of nitrogens with zero attached hydrogens (tertiary/aromatic N) is 2. The van der Waals surface area contributed by atoms with E-state index in [2.05, 4.69) is 10.5 Å². The van der Waals surface area contributed by atoms with Gasteiger partial charge in [-0.3, -0.25) is 14.9 Å². The zero-order valence-corrected chi connectivity index (χ0v) is 10.7. The first-order chi connectivity index (χ1) is 10.1. The minimum Gasteiger partial charge on any atom is -0.267 e. The first-order valence-corrected chi connectivity index (χ1v) is 5.90. The van der Waals surface area contributed by atoms with Gasteiger partial charge in [-0.05, 0) is 12.1 Å². The van der Waals surface area contributed by atoms with Gasteiger partial charge in [-0.15, -0.1) is 0 Å². The number of carbonyl (C=O) groups excluding carboxylic acids is 1. The van der Waals surface area contributed by atoms with Crippen LogP contribution < -0.4 is 5.43 Å². The minimum atomic E-state index is -0.699. The van der Waals surface area contributed by atoms with Crippen molar-refractivity contribution in [2.75, 3.05) is 0 Å². The third kappa shape index (κ3) is 3.69. The van der Waals surface area contributed by atoms with Crippen molar-refractivity contribution < 1.29 is 14.1 Å². The summed E-state index contributed by atoms with van der Waals surface area (Å²) in [7, 11) is 0. The Kier molecular flexibility index (Phi) is 4.35. The average molecular weight is 287 g/mol. The summed E-state index contributed by atoms with van der Waals surface area (Å²) in [6, 6.07) is 11.2. The lowest BCUT2D eigenvalue weighted by molar-refractivity contribution is -0.384. The smallest absolute Gasteiger partial charge is 0.267 e. The van der Waals surface area contributed by atoms with E-state index in [9.17, 15) is 19.3 Å². The quantitative estimate of drug-likeness (QED) is 0.532. The van der Waals surface area contributed by atoms with E-state index in [1.54, 1.807) is 6.07 Å². The molecule has 0 aliphatic rings. The van der Waals surface area contributed by atoms with Crippen LogP contribution in [-0.4, -0.2) is 17.0 Å². The number of nitrogens with one attached hydrogen (secondary N) is 1. The number of nitro groups is 1. The molecular weight excluding hydrogens is 277 g/mol. The predicted octanol–water partition coefficient (Wildman–Crippen LogP) is 2.50. The van der Waals surface area contributed by atoms with Crippen molar-refractivity contribution in [3.05, 3.63) is 75.6 Å². The van der Waals surface area contributed by atoms with Crippen molar-refractivity contribution in [3.8, 4) is 0 Å². The molecule has 106 valence electrons. The van der Waals surface area contributed by atoms with Crippen LogP contribution in [0.2, 0.25) is 0 Å². The zero-order valence-electron chi connectivity index (χ0n) is 10.7. The van der Waals surface area contributed by atoms with E-state index >= 15 is 0 Å². The van der Waals surface area contributed by atoms with Crippen molar-refractivity contribution in [2.24, 2.45) is 5.10 Å². The normalized spacial score (nSPS) is 10.5. The van der Waals surface area contributed by atoms with Crippen LogP contribution in [0.1, 0.15) is 15.9 Å². The molecule has 0 aliphatic carbocycles. The number of nitro benzene ring substituents is 1. The van der Waals surface area contributed by atoms with Gasteiger partial charge in [0.15, 0.2) is 0 Å². The van der Waals surface area contributed by atoms with Crippen LogP contribution in [0.4, 0.5) is 10.1 Å². The fourth-order valence-electron chi connectivity index (χ4n) is 1.59. The minimum absolute atomic E-state index is 0.0839. The summed E-state index contributed by atoms with van der Waals surface area (Å²) in [5.41, 5.74) is 2.39. The molecule has 2 rings (SSSR count). The first-order valence-electron chi connectivity index (χ1n) is 5.90. The average Bonchev–Trinajstić information content (AvgIpc) is 2.48. The summed E-state index contributed by atoms with van der Waals surface area (Å²) in [6.07, 6.45) is 1.24. The Labute approximate surface area is 119 Å². The Morgan fingerprint density at radius 1 is 1.24 bits per heavy atom. The molecule has 0 atom stereocenters. The van der Waals surface area contributed by atoms with Gasteiger partial charge >= 0.3 is 0 Å². The molecule has 0 radical (unpaired) electrons. The summed E-state index contributed by atoms with van der Waals surface area (Å²) in [4.78, 5) is 21.7. The number of hydrazone groups is 1. The summed E-state index contributed by atoms with van der Waals surface area (Å²) in [5.74, 6) is -1.35. The number of rotatable bonds is 4. The van der Waals surface area contributed by atoms with Gasteiger partial charge in [-0.1, -0.05) is 24.3 Å². The van der Waals surface area contributed by atoms with Crippen LogP contribution in [0.15, 0.2) is 53.6 Å². The van der Waals surface area contributed by atoms with Crippen molar-refractivity contribution in [1.82, 2.24) is 5.43 Å². The number of amides is 1. The van der Waals surface area contributed by atoms with Crippen molar-refractivity contribution in [2.45, 2.75) is 0 Å². The topological polar surface area (TPSA) is 84.6 Å². The molecule has 0 aromatic heterocycles. The number of halogens is 1. The van der Waals surface area contributed by atoms with E-state index in [4.69, 9.17) is 0 Å². The monoisotopic (exact) mass is 287 g/mol. The van der Waals surface area contributed by atoms with Gasteiger partial charge in [-0.25, -0.2) is 9.82 Å². The zero-order chi connectivity index (χ0) is 15.2. The highest BCUT2D eigenvalue weighted by atomic mass is 19.1. The lowest BCUT2D eigenvalue weighted by Crippen LogP contribution is -2.18. The number of hydrogen-bond acceptors (Lipinski definition) is 4. The SMILES string of the molecule is O=C(N/N=C/c1cccc([N+](=O)[O-])c1)c1ccccc1F. The number of benzene rings is 2. The first kappa shape index (κ1) is 14.3. The van der Waals surface area contributed by atoms with Crippen LogP contribution in [-0.2, 0) is 0 Å². The molecule has 0 saturated heterocycles. The van der Waals surface area contributed by atoms with Crippen molar-refractivity contribution >= 4 is 17.8 Å². The fourth-order valence-corrected chi connectivity index (χ4v) is 1.59. The van der Waals surface area contributed by atoms with E-state index in [1.807, 2.05) is 0 Å². The van der Waals surface area contributed by atoms with E-state index < -0.39 is 16.6 Å².